The number of hydrogen-bond donors (Lipinski definition) is 2. The lowest BCUT2D eigenvalue weighted by atomic mass is 10.2. The lowest BCUT2D eigenvalue weighted by molar-refractivity contribution is 0.687. The molecule has 0 spiro atoms. The van der Waals surface area contributed by atoms with Crippen molar-refractivity contribution >= 4 is 16.7 Å². The van der Waals surface area contributed by atoms with Gasteiger partial charge in [-0.1, -0.05) is 26.0 Å². The normalized spacial score (nSPS) is 11.2. The molecular formula is C13H18N2. The second-order valence-corrected chi connectivity index (χ2v) is 4.55. The van der Waals surface area contributed by atoms with E-state index >= 15 is 0 Å². The van der Waals surface area contributed by atoms with Crippen LogP contribution in [0.25, 0.3) is 10.9 Å². The van der Waals surface area contributed by atoms with Crippen molar-refractivity contribution in [3.8, 4) is 0 Å². The molecule has 0 amide bonds. The van der Waals surface area contributed by atoms with Gasteiger partial charge in [0.05, 0.1) is 0 Å². The Morgan fingerprint density at radius 3 is 2.80 bits per heavy atom. The Balaban J connectivity index is 2.23. The van der Waals surface area contributed by atoms with Crippen molar-refractivity contribution in [1.29, 1.82) is 0 Å². The molecule has 80 valence electrons. The summed E-state index contributed by atoms with van der Waals surface area (Å²) in [6.07, 6.45) is 0. The summed E-state index contributed by atoms with van der Waals surface area (Å²) in [5, 5.41) is 4.67. The van der Waals surface area contributed by atoms with Crippen LogP contribution in [0.4, 0.5) is 5.82 Å². The van der Waals surface area contributed by atoms with Gasteiger partial charge >= 0.3 is 0 Å². The molecular weight excluding hydrogens is 184 g/mol. The van der Waals surface area contributed by atoms with E-state index in [0.29, 0.717) is 5.92 Å². The number of hydrogen-bond acceptors (Lipinski definition) is 1. The van der Waals surface area contributed by atoms with Crippen LogP contribution < -0.4 is 5.32 Å². The molecule has 0 radical (unpaired) electrons. The minimum absolute atomic E-state index is 0.665. The Kier molecular flexibility index (Phi) is 2.67. The smallest absolute Gasteiger partial charge is 0.104 e. The maximum Gasteiger partial charge on any atom is 0.104 e. The third-order valence-corrected chi connectivity index (χ3v) is 2.48. The number of benzene rings is 1. The Morgan fingerprint density at radius 2 is 2.07 bits per heavy atom. The number of aryl methyl sites for hydroxylation is 1. The van der Waals surface area contributed by atoms with Crippen LogP contribution in [0.5, 0.6) is 0 Å². The number of nitrogens with one attached hydrogen (secondary N) is 2. The largest absolute Gasteiger partial charge is 0.371 e. The molecule has 2 nitrogen and oxygen atoms in total. The second-order valence-electron chi connectivity index (χ2n) is 4.55. The molecule has 1 heterocycles. The zero-order valence-electron chi connectivity index (χ0n) is 9.59. The van der Waals surface area contributed by atoms with Gasteiger partial charge in [-0.25, -0.2) is 0 Å². The number of H-pyrrole nitrogens is 1. The summed E-state index contributed by atoms with van der Waals surface area (Å²) in [4.78, 5) is 3.38. The molecule has 2 rings (SSSR count). The average Bonchev–Trinajstić information content (AvgIpc) is 2.56. The monoisotopic (exact) mass is 202 g/mol. The molecule has 0 fully saturated rings. The fraction of sp³-hybridized carbons (Fsp3) is 0.385. The molecule has 2 N–H and O–H groups in total. The summed E-state index contributed by atoms with van der Waals surface area (Å²) in [5.74, 6) is 1.78. The molecule has 2 heteroatoms. The van der Waals surface area contributed by atoms with E-state index in [-0.39, 0.29) is 0 Å². The highest BCUT2D eigenvalue weighted by molar-refractivity contribution is 5.84. The molecule has 0 atom stereocenters. The number of fused-ring (bicyclic) bond motifs is 1. The summed E-state index contributed by atoms with van der Waals surface area (Å²) in [7, 11) is 0. The van der Waals surface area contributed by atoms with Gasteiger partial charge in [0.1, 0.15) is 5.82 Å². The van der Waals surface area contributed by atoms with Gasteiger partial charge in [0.15, 0.2) is 0 Å². The Bertz CT molecular complexity index is 455. The van der Waals surface area contributed by atoms with Crippen LogP contribution in [0.3, 0.4) is 0 Å². The van der Waals surface area contributed by atoms with Crippen LogP contribution in [0.2, 0.25) is 0 Å². The zero-order chi connectivity index (χ0) is 10.8. The van der Waals surface area contributed by atoms with E-state index in [1.165, 1.54) is 16.5 Å². The zero-order valence-corrected chi connectivity index (χ0v) is 9.59. The molecule has 1 aromatic carbocycles. The third kappa shape index (κ3) is 2.32. The van der Waals surface area contributed by atoms with Crippen molar-refractivity contribution in [1.82, 2.24) is 4.98 Å². The molecule has 0 saturated carbocycles. The molecule has 0 unspecified atom stereocenters. The molecule has 0 aliphatic heterocycles. The molecule has 0 aliphatic rings. The summed E-state index contributed by atoms with van der Waals surface area (Å²) in [5.41, 5.74) is 2.50. The number of anilines is 1. The quantitative estimate of drug-likeness (QED) is 0.782. The van der Waals surface area contributed by atoms with Crippen LogP contribution in [-0.2, 0) is 0 Å². The highest BCUT2D eigenvalue weighted by Crippen LogP contribution is 2.19. The molecule has 2 aromatic rings. The summed E-state index contributed by atoms with van der Waals surface area (Å²) < 4.78 is 0. The van der Waals surface area contributed by atoms with E-state index in [0.717, 1.165) is 12.4 Å². The van der Waals surface area contributed by atoms with Gasteiger partial charge in [-0.15, -0.1) is 0 Å². The maximum absolute atomic E-state index is 3.40. The highest BCUT2D eigenvalue weighted by atomic mass is 15.0. The van der Waals surface area contributed by atoms with E-state index in [2.05, 4.69) is 55.3 Å². The standard InChI is InChI=1S/C13H18N2/c1-9(2)8-14-13-7-11-5-4-10(3)6-12(11)15-13/h4-7,9,14-15H,8H2,1-3H3. The van der Waals surface area contributed by atoms with E-state index < -0.39 is 0 Å². The van der Waals surface area contributed by atoms with Crippen molar-refractivity contribution < 1.29 is 0 Å². The van der Waals surface area contributed by atoms with E-state index in [1.807, 2.05) is 0 Å². The van der Waals surface area contributed by atoms with Gasteiger partial charge in [0.25, 0.3) is 0 Å². The van der Waals surface area contributed by atoms with Crippen LogP contribution >= 0.6 is 0 Å². The van der Waals surface area contributed by atoms with Crippen LogP contribution in [0, 0.1) is 12.8 Å². The van der Waals surface area contributed by atoms with Crippen LogP contribution in [0.1, 0.15) is 19.4 Å². The third-order valence-electron chi connectivity index (χ3n) is 2.48. The fourth-order valence-electron chi connectivity index (χ4n) is 1.65. The minimum Gasteiger partial charge on any atom is -0.371 e. The van der Waals surface area contributed by atoms with E-state index in [4.69, 9.17) is 0 Å². The first-order valence-corrected chi connectivity index (χ1v) is 5.48. The molecule has 1 aromatic heterocycles. The van der Waals surface area contributed by atoms with Gasteiger partial charge in [0.2, 0.25) is 0 Å². The van der Waals surface area contributed by atoms with Crippen molar-refractivity contribution in [3.63, 3.8) is 0 Å². The molecule has 15 heavy (non-hydrogen) atoms. The molecule has 0 saturated heterocycles. The van der Waals surface area contributed by atoms with Gasteiger partial charge in [-0.3, -0.25) is 0 Å². The first-order chi connectivity index (χ1) is 7.15. The van der Waals surface area contributed by atoms with Gasteiger partial charge < -0.3 is 10.3 Å². The first kappa shape index (κ1) is 10.1. The lowest BCUT2D eigenvalue weighted by Gasteiger charge is -2.05. The Labute approximate surface area is 90.7 Å². The topological polar surface area (TPSA) is 27.8 Å². The predicted octanol–water partition coefficient (Wildman–Crippen LogP) is 3.54. The summed E-state index contributed by atoms with van der Waals surface area (Å²) >= 11 is 0. The highest BCUT2D eigenvalue weighted by Gasteiger charge is 2.00. The second kappa shape index (κ2) is 3.97. The van der Waals surface area contributed by atoms with Crippen molar-refractivity contribution in [2.24, 2.45) is 5.92 Å². The van der Waals surface area contributed by atoms with Crippen molar-refractivity contribution in [3.05, 3.63) is 29.8 Å². The van der Waals surface area contributed by atoms with Crippen molar-refractivity contribution in [2.75, 3.05) is 11.9 Å². The van der Waals surface area contributed by atoms with Gasteiger partial charge in [0, 0.05) is 17.4 Å². The SMILES string of the molecule is Cc1ccc2cc(NCC(C)C)[nH]c2c1. The van der Waals surface area contributed by atoms with Crippen LogP contribution in [-0.4, -0.2) is 11.5 Å². The fourth-order valence-corrected chi connectivity index (χ4v) is 1.65. The Morgan fingerprint density at radius 1 is 1.27 bits per heavy atom. The van der Waals surface area contributed by atoms with Crippen molar-refractivity contribution in [2.45, 2.75) is 20.8 Å². The number of aromatic nitrogens is 1. The molecule has 0 aliphatic carbocycles. The first-order valence-electron chi connectivity index (χ1n) is 5.48. The maximum atomic E-state index is 3.40. The Hall–Kier alpha value is -1.44. The lowest BCUT2D eigenvalue weighted by Crippen LogP contribution is -2.07. The van der Waals surface area contributed by atoms with Gasteiger partial charge in [-0.2, -0.15) is 0 Å². The minimum atomic E-state index is 0.665. The summed E-state index contributed by atoms with van der Waals surface area (Å²) in [6, 6.07) is 8.64. The molecule has 0 bridgehead atoms. The predicted molar refractivity (Wildman–Crippen MR) is 66.4 cm³/mol. The average molecular weight is 202 g/mol. The summed E-state index contributed by atoms with van der Waals surface area (Å²) in [6.45, 7) is 7.53. The number of rotatable bonds is 3. The van der Waals surface area contributed by atoms with E-state index in [9.17, 15) is 0 Å². The van der Waals surface area contributed by atoms with Gasteiger partial charge in [-0.05, 0) is 30.5 Å². The van der Waals surface area contributed by atoms with Crippen LogP contribution in [0.15, 0.2) is 24.3 Å². The van der Waals surface area contributed by atoms with E-state index in [1.54, 1.807) is 0 Å². The number of aromatic amines is 1.